The van der Waals surface area contributed by atoms with Gasteiger partial charge in [0, 0.05) is 5.69 Å². The summed E-state index contributed by atoms with van der Waals surface area (Å²) in [5, 5.41) is 3.52. The molecule has 0 aliphatic carbocycles. The third-order valence-electron chi connectivity index (χ3n) is 1.71. The highest BCUT2D eigenvalue weighted by atomic mass is 19.3. The van der Waals surface area contributed by atoms with E-state index in [9.17, 15) is 13.6 Å². The number of halogens is 2. The zero-order valence-corrected chi connectivity index (χ0v) is 8.04. The molecule has 0 aliphatic heterocycles. The first-order valence-corrected chi connectivity index (χ1v) is 3.89. The number of aromatic nitrogens is 2. The van der Waals surface area contributed by atoms with Gasteiger partial charge < -0.3 is 4.74 Å². The lowest BCUT2D eigenvalue weighted by atomic mass is 10.4. The minimum Gasteiger partial charge on any atom is -0.463 e. The Morgan fingerprint density at radius 2 is 2.14 bits per heavy atom. The van der Waals surface area contributed by atoms with Crippen LogP contribution in [-0.2, 0) is 15.6 Å². The summed E-state index contributed by atoms with van der Waals surface area (Å²) in [6.45, 7) is 3.01. The van der Waals surface area contributed by atoms with Gasteiger partial charge in [0.05, 0.1) is 12.8 Å². The Morgan fingerprint density at radius 3 is 2.50 bits per heavy atom. The topological polar surface area (TPSA) is 44.1 Å². The summed E-state index contributed by atoms with van der Waals surface area (Å²) in [4.78, 5) is 10.8. The highest BCUT2D eigenvalue weighted by Gasteiger charge is 2.44. The van der Waals surface area contributed by atoms with E-state index in [0.717, 1.165) is 7.11 Å². The maximum absolute atomic E-state index is 13.2. The molecule has 0 fully saturated rings. The minimum absolute atomic E-state index is 0.206. The first kappa shape index (κ1) is 10.6. The Bertz CT molecular complexity index is 360. The van der Waals surface area contributed by atoms with Crippen LogP contribution in [0.4, 0.5) is 8.78 Å². The number of nitrogens with zero attached hydrogens (tertiary/aromatic N) is 2. The molecule has 78 valence electrons. The highest BCUT2D eigenvalue weighted by molar-refractivity contribution is 5.75. The van der Waals surface area contributed by atoms with Gasteiger partial charge in [0.2, 0.25) is 0 Å². The molecule has 0 spiro atoms. The molecule has 0 radical (unpaired) electrons. The van der Waals surface area contributed by atoms with Gasteiger partial charge in [0.15, 0.2) is 0 Å². The Labute approximate surface area is 79.5 Å². The van der Waals surface area contributed by atoms with Gasteiger partial charge in [0.1, 0.15) is 0 Å². The average molecular weight is 204 g/mol. The third kappa shape index (κ3) is 1.59. The number of hydrogen-bond acceptors (Lipinski definition) is 3. The van der Waals surface area contributed by atoms with Crippen molar-refractivity contribution in [2.45, 2.75) is 19.9 Å². The molecule has 0 saturated heterocycles. The van der Waals surface area contributed by atoms with Gasteiger partial charge >= 0.3 is 12.0 Å². The van der Waals surface area contributed by atoms with Crippen LogP contribution in [0.2, 0.25) is 0 Å². The second-order valence-electron chi connectivity index (χ2n) is 2.87. The molecule has 0 atom stereocenters. The molecular formula is C8H10F2N2O2. The molecule has 1 aromatic heterocycles. The van der Waals surface area contributed by atoms with Crippen molar-refractivity contribution in [3.05, 3.63) is 17.5 Å². The van der Waals surface area contributed by atoms with Crippen LogP contribution in [0.15, 0.2) is 6.07 Å². The van der Waals surface area contributed by atoms with Crippen LogP contribution in [0.3, 0.4) is 0 Å². The molecule has 0 bridgehead atoms. The first-order chi connectivity index (χ1) is 6.39. The van der Waals surface area contributed by atoms with Gasteiger partial charge in [-0.25, -0.2) is 4.79 Å². The van der Waals surface area contributed by atoms with E-state index in [4.69, 9.17) is 0 Å². The van der Waals surface area contributed by atoms with Crippen molar-refractivity contribution in [2.24, 2.45) is 0 Å². The Hall–Kier alpha value is -1.46. The number of alkyl halides is 2. The standard InChI is InChI=1S/C8H10F2N2O2/c1-5-4-6(2)12(11-5)8(9,10)7(13)14-3/h4H,1-3H3. The fraction of sp³-hybridized carbons (Fsp3) is 0.500. The summed E-state index contributed by atoms with van der Waals surface area (Å²) in [5.41, 5.74) is 0.629. The Morgan fingerprint density at radius 1 is 1.57 bits per heavy atom. The van der Waals surface area contributed by atoms with E-state index in [-0.39, 0.29) is 5.69 Å². The number of carbonyl (C=O) groups excluding carboxylic acids is 1. The van der Waals surface area contributed by atoms with Gasteiger partial charge in [0.25, 0.3) is 0 Å². The second kappa shape index (κ2) is 3.36. The largest absolute Gasteiger partial charge is 0.463 e. The molecule has 0 aliphatic rings. The number of ether oxygens (including phenoxy) is 1. The molecule has 4 nitrogen and oxygen atoms in total. The lowest BCUT2D eigenvalue weighted by molar-refractivity contribution is -0.187. The van der Waals surface area contributed by atoms with E-state index in [1.807, 2.05) is 0 Å². The van der Waals surface area contributed by atoms with E-state index in [1.54, 1.807) is 6.92 Å². The lowest BCUT2D eigenvalue weighted by Crippen LogP contribution is -2.35. The van der Waals surface area contributed by atoms with Crippen LogP contribution < -0.4 is 0 Å². The Kier molecular flexibility index (Phi) is 2.55. The predicted molar refractivity (Wildman–Crippen MR) is 43.9 cm³/mol. The summed E-state index contributed by atoms with van der Waals surface area (Å²) < 4.78 is 30.8. The van der Waals surface area contributed by atoms with Crippen molar-refractivity contribution >= 4 is 5.97 Å². The zero-order valence-electron chi connectivity index (χ0n) is 8.04. The van der Waals surface area contributed by atoms with Crippen LogP contribution in [0, 0.1) is 13.8 Å². The molecule has 1 heterocycles. The number of rotatable bonds is 2. The van der Waals surface area contributed by atoms with Gasteiger partial charge in [-0.15, -0.1) is 0 Å². The van der Waals surface area contributed by atoms with E-state index >= 15 is 0 Å². The summed E-state index contributed by atoms with van der Waals surface area (Å²) in [5.74, 6) is -1.62. The van der Waals surface area contributed by atoms with Crippen LogP contribution in [-0.4, -0.2) is 22.9 Å². The maximum Gasteiger partial charge on any atom is 0.441 e. The molecule has 0 saturated carbocycles. The van der Waals surface area contributed by atoms with E-state index < -0.39 is 12.0 Å². The average Bonchev–Trinajstić information content (AvgIpc) is 2.44. The van der Waals surface area contributed by atoms with E-state index in [1.165, 1.54) is 13.0 Å². The van der Waals surface area contributed by atoms with Crippen LogP contribution in [0.25, 0.3) is 0 Å². The number of esters is 1. The highest BCUT2D eigenvalue weighted by Crippen LogP contribution is 2.23. The zero-order chi connectivity index (χ0) is 10.9. The van der Waals surface area contributed by atoms with E-state index in [2.05, 4.69) is 9.84 Å². The second-order valence-corrected chi connectivity index (χ2v) is 2.87. The molecule has 0 aromatic carbocycles. The Balaban J connectivity index is 3.15. The maximum atomic E-state index is 13.2. The monoisotopic (exact) mass is 204 g/mol. The van der Waals surface area contributed by atoms with Crippen molar-refractivity contribution < 1.29 is 18.3 Å². The van der Waals surface area contributed by atoms with Gasteiger partial charge in [-0.3, -0.25) is 0 Å². The fourth-order valence-electron chi connectivity index (χ4n) is 1.12. The molecule has 1 rings (SSSR count). The quantitative estimate of drug-likeness (QED) is 0.680. The van der Waals surface area contributed by atoms with Gasteiger partial charge in [-0.2, -0.15) is 18.6 Å². The summed E-state index contributed by atoms with van der Waals surface area (Å²) >= 11 is 0. The third-order valence-corrected chi connectivity index (χ3v) is 1.71. The number of aryl methyl sites for hydroxylation is 2. The SMILES string of the molecule is COC(=O)C(F)(F)n1nc(C)cc1C. The molecule has 1 aromatic rings. The summed E-state index contributed by atoms with van der Waals surface area (Å²) in [7, 11) is 0.905. The number of carbonyl (C=O) groups is 1. The van der Waals surface area contributed by atoms with Crippen LogP contribution in [0.1, 0.15) is 11.4 Å². The smallest absolute Gasteiger partial charge is 0.441 e. The van der Waals surface area contributed by atoms with Crippen LogP contribution >= 0.6 is 0 Å². The lowest BCUT2D eigenvalue weighted by Gasteiger charge is -2.14. The van der Waals surface area contributed by atoms with Gasteiger partial charge in [-0.1, -0.05) is 0 Å². The predicted octanol–water partition coefficient (Wildman–Crippen LogP) is 1.22. The van der Waals surface area contributed by atoms with Crippen LogP contribution in [0.5, 0.6) is 0 Å². The molecule has 0 N–H and O–H groups in total. The fourth-order valence-corrected chi connectivity index (χ4v) is 1.12. The molecule has 0 amide bonds. The summed E-state index contributed by atoms with van der Waals surface area (Å²) in [6.07, 6.45) is 0. The first-order valence-electron chi connectivity index (χ1n) is 3.89. The summed E-state index contributed by atoms with van der Waals surface area (Å²) in [6, 6.07) is -2.29. The van der Waals surface area contributed by atoms with Crippen molar-refractivity contribution in [1.82, 2.24) is 9.78 Å². The molecular weight excluding hydrogens is 194 g/mol. The molecule has 14 heavy (non-hydrogen) atoms. The molecule has 0 unspecified atom stereocenters. The van der Waals surface area contributed by atoms with Gasteiger partial charge in [-0.05, 0) is 19.9 Å². The van der Waals surface area contributed by atoms with Crippen molar-refractivity contribution in [3.8, 4) is 0 Å². The van der Waals surface area contributed by atoms with Crippen molar-refractivity contribution in [3.63, 3.8) is 0 Å². The minimum atomic E-state index is -3.74. The van der Waals surface area contributed by atoms with Crippen molar-refractivity contribution in [2.75, 3.05) is 7.11 Å². The molecule has 6 heteroatoms. The number of hydrogen-bond donors (Lipinski definition) is 0. The van der Waals surface area contributed by atoms with E-state index in [0.29, 0.717) is 10.4 Å². The normalized spacial score (nSPS) is 11.5. The van der Waals surface area contributed by atoms with Crippen molar-refractivity contribution in [1.29, 1.82) is 0 Å². The number of methoxy groups -OCH3 is 1.